The van der Waals surface area contributed by atoms with E-state index in [-0.39, 0.29) is 6.61 Å². The molecule has 0 aliphatic carbocycles. The van der Waals surface area contributed by atoms with Crippen LogP contribution in [0.4, 0.5) is 0 Å². The van der Waals surface area contributed by atoms with E-state index in [9.17, 15) is 0 Å². The molecule has 56 valence electrons. The standard InChI is InChI=1S/C8H12O2/c9-5-1-3-8-4-2-6-10-7-8/h8-9H,2,4-7H2. The molecular formula is C8H12O2. The van der Waals surface area contributed by atoms with Crippen LogP contribution in [0.1, 0.15) is 12.8 Å². The second-order valence-corrected chi connectivity index (χ2v) is 2.39. The molecule has 0 spiro atoms. The second-order valence-electron chi connectivity index (χ2n) is 2.39. The fourth-order valence-electron chi connectivity index (χ4n) is 1.04. The Kier molecular flexibility index (Phi) is 3.28. The van der Waals surface area contributed by atoms with Gasteiger partial charge in [0.05, 0.1) is 6.61 Å². The van der Waals surface area contributed by atoms with Gasteiger partial charge in [0.1, 0.15) is 6.61 Å². The first kappa shape index (κ1) is 7.59. The van der Waals surface area contributed by atoms with Crippen LogP contribution in [-0.4, -0.2) is 24.9 Å². The fraction of sp³-hybridized carbons (Fsp3) is 0.750. The van der Waals surface area contributed by atoms with Crippen molar-refractivity contribution in [2.45, 2.75) is 12.8 Å². The summed E-state index contributed by atoms with van der Waals surface area (Å²) in [5.41, 5.74) is 0. The molecule has 0 bridgehead atoms. The minimum Gasteiger partial charge on any atom is -0.384 e. The first-order valence-electron chi connectivity index (χ1n) is 3.60. The molecule has 1 heterocycles. The topological polar surface area (TPSA) is 29.5 Å². The SMILES string of the molecule is OCC#CC1CCCOC1. The maximum absolute atomic E-state index is 8.38. The lowest BCUT2D eigenvalue weighted by Gasteiger charge is -2.16. The zero-order valence-electron chi connectivity index (χ0n) is 5.97. The van der Waals surface area contributed by atoms with Gasteiger partial charge in [0.15, 0.2) is 0 Å². The molecule has 1 saturated heterocycles. The monoisotopic (exact) mass is 140 g/mol. The van der Waals surface area contributed by atoms with Crippen LogP contribution in [0.15, 0.2) is 0 Å². The molecule has 1 atom stereocenters. The Morgan fingerprint density at radius 2 is 2.50 bits per heavy atom. The Labute approximate surface area is 61.2 Å². The molecule has 2 nitrogen and oxygen atoms in total. The van der Waals surface area contributed by atoms with Gasteiger partial charge in [-0.25, -0.2) is 0 Å². The van der Waals surface area contributed by atoms with Gasteiger partial charge in [-0.1, -0.05) is 11.8 Å². The molecule has 0 saturated carbocycles. The van der Waals surface area contributed by atoms with Crippen LogP contribution in [0.2, 0.25) is 0 Å². The van der Waals surface area contributed by atoms with Gasteiger partial charge >= 0.3 is 0 Å². The van der Waals surface area contributed by atoms with Gasteiger partial charge in [-0.05, 0) is 12.8 Å². The van der Waals surface area contributed by atoms with Crippen molar-refractivity contribution in [1.29, 1.82) is 0 Å². The van der Waals surface area contributed by atoms with Crippen molar-refractivity contribution >= 4 is 0 Å². The smallest absolute Gasteiger partial charge is 0.104 e. The highest BCUT2D eigenvalue weighted by Crippen LogP contribution is 2.11. The molecule has 1 aliphatic heterocycles. The molecule has 0 aromatic carbocycles. The third-order valence-corrected chi connectivity index (χ3v) is 1.55. The summed E-state index contributed by atoms with van der Waals surface area (Å²) in [7, 11) is 0. The van der Waals surface area contributed by atoms with Crippen LogP contribution >= 0.6 is 0 Å². The quantitative estimate of drug-likeness (QED) is 0.494. The predicted octanol–water partition coefficient (Wildman–Crippen LogP) is 0.409. The van der Waals surface area contributed by atoms with Gasteiger partial charge in [0.2, 0.25) is 0 Å². The molecule has 0 aromatic rings. The molecule has 1 unspecified atom stereocenters. The van der Waals surface area contributed by atoms with Crippen molar-refractivity contribution in [3.8, 4) is 11.8 Å². The first-order valence-corrected chi connectivity index (χ1v) is 3.60. The van der Waals surface area contributed by atoms with Crippen molar-refractivity contribution in [3.05, 3.63) is 0 Å². The van der Waals surface area contributed by atoms with E-state index < -0.39 is 0 Å². The summed E-state index contributed by atoms with van der Waals surface area (Å²) in [6, 6.07) is 0. The van der Waals surface area contributed by atoms with Gasteiger partial charge < -0.3 is 9.84 Å². The van der Waals surface area contributed by atoms with Crippen molar-refractivity contribution in [1.82, 2.24) is 0 Å². The fourth-order valence-corrected chi connectivity index (χ4v) is 1.04. The molecule has 0 aromatic heterocycles. The second kappa shape index (κ2) is 4.32. The number of rotatable bonds is 0. The molecule has 10 heavy (non-hydrogen) atoms. The van der Waals surface area contributed by atoms with Crippen LogP contribution in [0, 0.1) is 17.8 Å². The van der Waals surface area contributed by atoms with E-state index in [0.717, 1.165) is 26.1 Å². The minimum atomic E-state index is -0.0312. The van der Waals surface area contributed by atoms with Crippen molar-refractivity contribution < 1.29 is 9.84 Å². The van der Waals surface area contributed by atoms with Gasteiger partial charge in [0, 0.05) is 12.5 Å². The average Bonchev–Trinajstić information content (AvgIpc) is 2.03. The lowest BCUT2D eigenvalue weighted by atomic mass is 10.0. The van der Waals surface area contributed by atoms with Crippen molar-refractivity contribution in [3.63, 3.8) is 0 Å². The Bertz CT molecular complexity index is 137. The molecular weight excluding hydrogens is 128 g/mol. The maximum atomic E-state index is 8.38. The molecule has 0 amide bonds. The molecule has 1 N–H and O–H groups in total. The van der Waals surface area contributed by atoms with E-state index >= 15 is 0 Å². The van der Waals surface area contributed by atoms with Crippen molar-refractivity contribution in [2.24, 2.45) is 5.92 Å². The normalized spacial score (nSPS) is 25.1. The largest absolute Gasteiger partial charge is 0.384 e. The lowest BCUT2D eigenvalue weighted by Crippen LogP contribution is -2.15. The zero-order valence-corrected chi connectivity index (χ0v) is 5.97. The van der Waals surface area contributed by atoms with Crippen LogP contribution in [0.5, 0.6) is 0 Å². The highest BCUT2D eigenvalue weighted by atomic mass is 16.5. The number of aliphatic hydroxyl groups is 1. The Hall–Kier alpha value is -0.520. The summed E-state index contributed by atoms with van der Waals surface area (Å²) >= 11 is 0. The van der Waals surface area contributed by atoms with Crippen LogP contribution in [-0.2, 0) is 4.74 Å². The third kappa shape index (κ3) is 2.38. The van der Waals surface area contributed by atoms with E-state index in [2.05, 4.69) is 11.8 Å². The van der Waals surface area contributed by atoms with E-state index in [1.54, 1.807) is 0 Å². The van der Waals surface area contributed by atoms with Crippen LogP contribution < -0.4 is 0 Å². The van der Waals surface area contributed by atoms with Gasteiger partial charge in [-0.3, -0.25) is 0 Å². The van der Waals surface area contributed by atoms with Crippen LogP contribution in [0.25, 0.3) is 0 Å². The Morgan fingerprint density at radius 3 is 3.10 bits per heavy atom. The number of hydrogen-bond acceptors (Lipinski definition) is 2. The summed E-state index contributed by atoms with van der Waals surface area (Å²) in [6.45, 7) is 1.58. The first-order chi connectivity index (χ1) is 4.93. The van der Waals surface area contributed by atoms with E-state index in [4.69, 9.17) is 9.84 Å². The molecule has 2 heteroatoms. The van der Waals surface area contributed by atoms with E-state index in [1.807, 2.05) is 0 Å². The molecule has 1 fully saturated rings. The number of aliphatic hydroxyl groups excluding tert-OH is 1. The van der Waals surface area contributed by atoms with Gasteiger partial charge in [-0.15, -0.1) is 0 Å². The predicted molar refractivity (Wildman–Crippen MR) is 38.4 cm³/mol. The summed E-state index contributed by atoms with van der Waals surface area (Å²) in [6.07, 6.45) is 2.22. The number of hydrogen-bond donors (Lipinski definition) is 1. The van der Waals surface area contributed by atoms with Crippen LogP contribution in [0.3, 0.4) is 0 Å². The summed E-state index contributed by atoms with van der Waals surface area (Å²) < 4.78 is 5.19. The van der Waals surface area contributed by atoms with Crippen molar-refractivity contribution in [2.75, 3.05) is 19.8 Å². The summed E-state index contributed by atoms with van der Waals surface area (Å²) in [4.78, 5) is 0. The maximum Gasteiger partial charge on any atom is 0.104 e. The highest BCUT2D eigenvalue weighted by Gasteiger charge is 2.09. The Balaban J connectivity index is 2.25. The van der Waals surface area contributed by atoms with Gasteiger partial charge in [-0.2, -0.15) is 0 Å². The third-order valence-electron chi connectivity index (χ3n) is 1.55. The molecule has 1 aliphatic rings. The summed E-state index contributed by atoms with van der Waals surface area (Å²) in [5, 5.41) is 8.38. The zero-order chi connectivity index (χ0) is 7.23. The lowest BCUT2D eigenvalue weighted by molar-refractivity contribution is 0.0739. The Morgan fingerprint density at radius 1 is 1.60 bits per heavy atom. The molecule has 0 radical (unpaired) electrons. The number of ether oxygens (including phenoxy) is 1. The van der Waals surface area contributed by atoms with Gasteiger partial charge in [0.25, 0.3) is 0 Å². The highest BCUT2D eigenvalue weighted by molar-refractivity contribution is 5.04. The summed E-state index contributed by atoms with van der Waals surface area (Å²) in [5.74, 6) is 5.95. The molecule has 1 rings (SSSR count). The average molecular weight is 140 g/mol. The minimum absolute atomic E-state index is 0.0312. The van der Waals surface area contributed by atoms with E-state index in [1.165, 1.54) is 0 Å². The van der Waals surface area contributed by atoms with E-state index in [0.29, 0.717) is 5.92 Å².